The first-order valence-corrected chi connectivity index (χ1v) is 3.73. The summed E-state index contributed by atoms with van der Waals surface area (Å²) in [5.74, 6) is -0.350. The highest BCUT2D eigenvalue weighted by atomic mass is 19.1. The number of halogens is 1. The average Bonchev–Trinajstić information content (AvgIpc) is 2.04. The van der Waals surface area contributed by atoms with Crippen molar-refractivity contribution in [1.29, 1.82) is 0 Å². The van der Waals surface area contributed by atoms with Crippen molar-refractivity contribution < 1.29 is 14.6 Å². The van der Waals surface area contributed by atoms with E-state index in [1.807, 2.05) is 0 Å². The van der Waals surface area contributed by atoms with Gasteiger partial charge in [-0.3, -0.25) is 0 Å². The van der Waals surface area contributed by atoms with Crippen LogP contribution >= 0.6 is 0 Å². The maximum atomic E-state index is 12.4. The maximum absolute atomic E-state index is 12.4. The first-order valence-electron chi connectivity index (χ1n) is 3.73. The zero-order valence-electron chi connectivity index (χ0n) is 6.74. The van der Waals surface area contributed by atoms with Gasteiger partial charge in [0, 0.05) is 0 Å². The minimum absolute atomic E-state index is 0.350. The standard InChI is InChI=1S/C9H11FO2/c1-6(11)9(12)7-2-4-8(10)5-3-7/h2-6,9,11-12H,1H3/t6-,9-/m0/s1. The van der Waals surface area contributed by atoms with Crippen LogP contribution in [-0.2, 0) is 0 Å². The first-order chi connectivity index (χ1) is 5.61. The second kappa shape index (κ2) is 3.65. The Balaban J connectivity index is 2.82. The summed E-state index contributed by atoms with van der Waals surface area (Å²) in [7, 11) is 0. The van der Waals surface area contributed by atoms with Gasteiger partial charge in [0.1, 0.15) is 11.9 Å². The Morgan fingerprint density at radius 3 is 2.08 bits per heavy atom. The van der Waals surface area contributed by atoms with Crippen LogP contribution in [0.3, 0.4) is 0 Å². The van der Waals surface area contributed by atoms with Crippen LogP contribution in [0.5, 0.6) is 0 Å². The van der Waals surface area contributed by atoms with Crippen LogP contribution in [0.4, 0.5) is 4.39 Å². The van der Waals surface area contributed by atoms with Crippen molar-refractivity contribution >= 4 is 0 Å². The Morgan fingerprint density at radius 2 is 1.67 bits per heavy atom. The second-order valence-electron chi connectivity index (χ2n) is 2.74. The van der Waals surface area contributed by atoms with Crippen molar-refractivity contribution in [1.82, 2.24) is 0 Å². The fourth-order valence-corrected chi connectivity index (χ4v) is 0.938. The lowest BCUT2D eigenvalue weighted by Gasteiger charge is -2.13. The number of hydrogen-bond acceptors (Lipinski definition) is 2. The van der Waals surface area contributed by atoms with Gasteiger partial charge >= 0.3 is 0 Å². The van der Waals surface area contributed by atoms with Crippen LogP contribution in [0.2, 0.25) is 0 Å². The van der Waals surface area contributed by atoms with Crippen LogP contribution in [-0.4, -0.2) is 16.3 Å². The first kappa shape index (κ1) is 9.16. The minimum Gasteiger partial charge on any atom is -0.390 e. The van der Waals surface area contributed by atoms with E-state index in [0.717, 1.165) is 0 Å². The molecule has 0 saturated carbocycles. The minimum atomic E-state index is -0.939. The van der Waals surface area contributed by atoms with Gasteiger partial charge in [-0.2, -0.15) is 0 Å². The van der Waals surface area contributed by atoms with Gasteiger partial charge in [-0.1, -0.05) is 12.1 Å². The molecule has 0 unspecified atom stereocenters. The number of benzene rings is 1. The zero-order chi connectivity index (χ0) is 9.14. The number of hydrogen-bond donors (Lipinski definition) is 2. The van der Waals surface area contributed by atoms with Gasteiger partial charge in [0.25, 0.3) is 0 Å². The number of aliphatic hydroxyl groups excluding tert-OH is 2. The molecular formula is C9H11FO2. The second-order valence-corrected chi connectivity index (χ2v) is 2.74. The summed E-state index contributed by atoms with van der Waals surface area (Å²) in [6, 6.07) is 5.40. The van der Waals surface area contributed by atoms with Gasteiger partial charge in [0.05, 0.1) is 6.10 Å². The fourth-order valence-electron chi connectivity index (χ4n) is 0.938. The predicted octanol–water partition coefficient (Wildman–Crippen LogP) is 1.24. The summed E-state index contributed by atoms with van der Waals surface area (Å²) in [4.78, 5) is 0. The van der Waals surface area contributed by atoms with E-state index >= 15 is 0 Å². The quantitative estimate of drug-likeness (QED) is 0.701. The van der Waals surface area contributed by atoms with Crippen molar-refractivity contribution in [2.45, 2.75) is 19.1 Å². The molecule has 66 valence electrons. The van der Waals surface area contributed by atoms with Gasteiger partial charge in [-0.15, -0.1) is 0 Å². The van der Waals surface area contributed by atoms with Crippen molar-refractivity contribution in [3.8, 4) is 0 Å². The van der Waals surface area contributed by atoms with Gasteiger partial charge in [0.15, 0.2) is 0 Å². The van der Waals surface area contributed by atoms with Crippen LogP contribution < -0.4 is 0 Å². The Hall–Kier alpha value is -0.930. The number of aliphatic hydroxyl groups is 2. The molecule has 0 fully saturated rings. The molecule has 0 spiro atoms. The lowest BCUT2D eigenvalue weighted by molar-refractivity contribution is 0.0305. The van der Waals surface area contributed by atoms with E-state index in [1.165, 1.54) is 31.2 Å². The van der Waals surface area contributed by atoms with E-state index in [1.54, 1.807) is 0 Å². The van der Waals surface area contributed by atoms with Crippen LogP contribution in [0.1, 0.15) is 18.6 Å². The topological polar surface area (TPSA) is 40.5 Å². The van der Waals surface area contributed by atoms with Crippen LogP contribution in [0.15, 0.2) is 24.3 Å². The molecule has 2 N–H and O–H groups in total. The molecule has 3 heteroatoms. The monoisotopic (exact) mass is 170 g/mol. The van der Waals surface area contributed by atoms with Crippen molar-refractivity contribution in [2.24, 2.45) is 0 Å². The normalized spacial score (nSPS) is 15.7. The summed E-state index contributed by atoms with van der Waals surface area (Å²) in [6.45, 7) is 1.48. The molecule has 1 aromatic carbocycles. The molecule has 0 aliphatic heterocycles. The van der Waals surface area contributed by atoms with Gasteiger partial charge in [-0.05, 0) is 24.6 Å². The molecule has 0 saturated heterocycles. The molecule has 0 aliphatic carbocycles. The highest BCUT2D eigenvalue weighted by Crippen LogP contribution is 2.16. The Morgan fingerprint density at radius 1 is 1.17 bits per heavy atom. The lowest BCUT2D eigenvalue weighted by Crippen LogP contribution is -2.13. The summed E-state index contributed by atoms with van der Waals surface area (Å²) < 4.78 is 12.4. The smallest absolute Gasteiger partial charge is 0.123 e. The molecular weight excluding hydrogens is 159 g/mol. The van der Waals surface area contributed by atoms with Crippen molar-refractivity contribution in [3.63, 3.8) is 0 Å². The Bertz CT molecular complexity index is 243. The maximum Gasteiger partial charge on any atom is 0.123 e. The summed E-state index contributed by atoms with van der Waals surface area (Å²) in [5.41, 5.74) is 0.520. The van der Waals surface area contributed by atoms with E-state index in [9.17, 15) is 9.50 Å². The third-order valence-electron chi connectivity index (χ3n) is 1.67. The average molecular weight is 170 g/mol. The third-order valence-corrected chi connectivity index (χ3v) is 1.67. The summed E-state index contributed by atoms with van der Waals surface area (Å²) >= 11 is 0. The number of rotatable bonds is 2. The molecule has 0 amide bonds. The molecule has 0 aromatic heterocycles. The SMILES string of the molecule is C[C@H](O)[C@H](O)c1ccc(F)cc1. The predicted molar refractivity (Wildman–Crippen MR) is 43.0 cm³/mol. The van der Waals surface area contributed by atoms with Gasteiger partial charge in [0.2, 0.25) is 0 Å². The highest BCUT2D eigenvalue weighted by molar-refractivity contribution is 5.19. The fraction of sp³-hybridized carbons (Fsp3) is 0.333. The Kier molecular flexibility index (Phi) is 2.78. The van der Waals surface area contributed by atoms with E-state index < -0.39 is 12.2 Å². The molecule has 0 heterocycles. The summed E-state index contributed by atoms with van der Waals surface area (Å²) in [5, 5.41) is 18.3. The highest BCUT2D eigenvalue weighted by Gasteiger charge is 2.12. The third kappa shape index (κ3) is 2.03. The van der Waals surface area contributed by atoms with Crippen molar-refractivity contribution in [2.75, 3.05) is 0 Å². The lowest BCUT2D eigenvalue weighted by atomic mass is 10.1. The molecule has 1 rings (SSSR count). The summed E-state index contributed by atoms with van der Waals surface area (Å²) in [6.07, 6.45) is -1.78. The largest absolute Gasteiger partial charge is 0.390 e. The molecule has 0 radical (unpaired) electrons. The van der Waals surface area contributed by atoms with E-state index in [4.69, 9.17) is 5.11 Å². The van der Waals surface area contributed by atoms with Gasteiger partial charge < -0.3 is 10.2 Å². The van der Waals surface area contributed by atoms with E-state index in [0.29, 0.717) is 5.56 Å². The molecule has 12 heavy (non-hydrogen) atoms. The molecule has 2 nitrogen and oxygen atoms in total. The molecule has 2 atom stereocenters. The van der Waals surface area contributed by atoms with Crippen LogP contribution in [0.25, 0.3) is 0 Å². The zero-order valence-corrected chi connectivity index (χ0v) is 6.74. The molecule has 0 bridgehead atoms. The Labute approximate surface area is 70.3 Å². The van der Waals surface area contributed by atoms with Gasteiger partial charge in [-0.25, -0.2) is 4.39 Å². The van der Waals surface area contributed by atoms with Crippen LogP contribution in [0, 0.1) is 5.82 Å². The van der Waals surface area contributed by atoms with E-state index in [2.05, 4.69) is 0 Å². The molecule has 0 aliphatic rings. The van der Waals surface area contributed by atoms with E-state index in [-0.39, 0.29) is 5.82 Å². The molecule has 1 aromatic rings. The van der Waals surface area contributed by atoms with Crippen molar-refractivity contribution in [3.05, 3.63) is 35.6 Å².